The van der Waals surface area contributed by atoms with Crippen LogP contribution in [0.1, 0.15) is 23.2 Å². The molecule has 0 aromatic heterocycles. The van der Waals surface area contributed by atoms with E-state index in [0.717, 1.165) is 26.1 Å². The second kappa shape index (κ2) is 6.43. The molecule has 1 saturated heterocycles. The molecule has 1 aromatic rings. The van der Waals surface area contributed by atoms with E-state index in [-0.39, 0.29) is 11.7 Å². The fourth-order valence-electron chi connectivity index (χ4n) is 2.13. The first-order chi connectivity index (χ1) is 9.20. The van der Waals surface area contributed by atoms with Crippen molar-refractivity contribution in [2.45, 2.75) is 12.8 Å². The molecular weight excluding hydrogens is 246 g/mol. The number of aromatic hydroxyl groups is 1. The molecule has 5 heteroatoms. The largest absolute Gasteiger partial charge is 0.504 e. The molecule has 19 heavy (non-hydrogen) atoms. The summed E-state index contributed by atoms with van der Waals surface area (Å²) in [5.41, 5.74) is 0.431. The second-order valence-corrected chi connectivity index (χ2v) is 4.66. The lowest BCUT2D eigenvalue weighted by molar-refractivity contribution is 0.0950. The first kappa shape index (κ1) is 13.7. The summed E-state index contributed by atoms with van der Waals surface area (Å²) in [6.45, 7) is 2.24. The molecule has 1 aromatic carbocycles. The van der Waals surface area contributed by atoms with Gasteiger partial charge >= 0.3 is 0 Å². The van der Waals surface area contributed by atoms with Crippen LogP contribution in [-0.4, -0.2) is 37.9 Å². The van der Waals surface area contributed by atoms with E-state index in [2.05, 4.69) is 5.32 Å². The predicted molar refractivity (Wildman–Crippen MR) is 70.5 cm³/mol. The Hall–Kier alpha value is -1.75. The van der Waals surface area contributed by atoms with Crippen LogP contribution < -0.4 is 10.1 Å². The van der Waals surface area contributed by atoms with Crippen LogP contribution in [0.15, 0.2) is 18.2 Å². The molecule has 2 N–H and O–H groups in total. The molecule has 1 aliphatic heterocycles. The maximum Gasteiger partial charge on any atom is 0.251 e. The number of nitrogens with one attached hydrogen (secondary N) is 1. The second-order valence-electron chi connectivity index (χ2n) is 4.66. The minimum Gasteiger partial charge on any atom is -0.504 e. The molecule has 0 bridgehead atoms. The van der Waals surface area contributed by atoms with Crippen molar-refractivity contribution in [3.8, 4) is 11.5 Å². The van der Waals surface area contributed by atoms with Crippen molar-refractivity contribution in [3.05, 3.63) is 23.8 Å². The summed E-state index contributed by atoms with van der Waals surface area (Å²) in [4.78, 5) is 11.9. The summed E-state index contributed by atoms with van der Waals surface area (Å²) >= 11 is 0. The van der Waals surface area contributed by atoms with Gasteiger partial charge in [-0.15, -0.1) is 0 Å². The topological polar surface area (TPSA) is 67.8 Å². The summed E-state index contributed by atoms with van der Waals surface area (Å²) in [5, 5.41) is 12.5. The number of ether oxygens (including phenoxy) is 2. The zero-order chi connectivity index (χ0) is 13.7. The Labute approximate surface area is 112 Å². The molecular formula is C14H19NO4. The van der Waals surface area contributed by atoms with Crippen molar-refractivity contribution in [2.75, 3.05) is 26.9 Å². The zero-order valence-electron chi connectivity index (χ0n) is 11.0. The van der Waals surface area contributed by atoms with E-state index in [0.29, 0.717) is 23.8 Å². The molecule has 1 aliphatic rings. The summed E-state index contributed by atoms with van der Waals surface area (Å²) in [7, 11) is 1.47. The molecule has 0 radical (unpaired) electrons. The first-order valence-corrected chi connectivity index (χ1v) is 6.43. The third kappa shape index (κ3) is 3.61. The first-order valence-electron chi connectivity index (χ1n) is 6.43. The number of rotatable bonds is 5. The lowest BCUT2D eigenvalue weighted by Gasteiger charge is -2.10. The Morgan fingerprint density at radius 1 is 1.58 bits per heavy atom. The van der Waals surface area contributed by atoms with Crippen LogP contribution in [0.25, 0.3) is 0 Å². The highest BCUT2D eigenvalue weighted by Crippen LogP contribution is 2.26. The third-order valence-corrected chi connectivity index (χ3v) is 3.30. The van der Waals surface area contributed by atoms with E-state index in [9.17, 15) is 9.90 Å². The van der Waals surface area contributed by atoms with Gasteiger partial charge in [0, 0.05) is 25.3 Å². The van der Waals surface area contributed by atoms with Crippen molar-refractivity contribution in [3.63, 3.8) is 0 Å². The summed E-state index contributed by atoms with van der Waals surface area (Å²) in [6.07, 6.45) is 1.99. The molecule has 2 rings (SSSR count). The van der Waals surface area contributed by atoms with Gasteiger partial charge in [-0.05, 0) is 37.0 Å². The Balaban J connectivity index is 1.83. The number of hydrogen-bond acceptors (Lipinski definition) is 4. The molecule has 1 atom stereocenters. The smallest absolute Gasteiger partial charge is 0.251 e. The van der Waals surface area contributed by atoms with Gasteiger partial charge in [0.25, 0.3) is 5.91 Å². The number of carbonyl (C=O) groups is 1. The van der Waals surface area contributed by atoms with Gasteiger partial charge in [0.1, 0.15) is 0 Å². The molecule has 1 amide bonds. The van der Waals surface area contributed by atoms with Crippen molar-refractivity contribution in [2.24, 2.45) is 5.92 Å². The molecule has 104 valence electrons. The average molecular weight is 265 g/mol. The Morgan fingerprint density at radius 3 is 3.05 bits per heavy atom. The van der Waals surface area contributed by atoms with Crippen LogP contribution in [0, 0.1) is 5.92 Å². The van der Waals surface area contributed by atoms with E-state index in [1.165, 1.54) is 13.2 Å². The number of hydrogen-bond donors (Lipinski definition) is 2. The number of phenols is 1. The van der Waals surface area contributed by atoms with E-state index in [4.69, 9.17) is 9.47 Å². The highest BCUT2D eigenvalue weighted by molar-refractivity contribution is 5.94. The van der Waals surface area contributed by atoms with E-state index in [1.54, 1.807) is 12.1 Å². The van der Waals surface area contributed by atoms with Crippen LogP contribution >= 0.6 is 0 Å². The quantitative estimate of drug-likeness (QED) is 0.847. The number of carbonyl (C=O) groups excluding carboxylic acids is 1. The average Bonchev–Trinajstić information content (AvgIpc) is 2.91. The SMILES string of the molecule is COc1ccc(C(=O)NCCC2CCOC2)cc1O. The maximum absolute atomic E-state index is 11.9. The molecule has 1 fully saturated rings. The number of phenolic OH excluding ortho intramolecular Hbond substituents is 1. The highest BCUT2D eigenvalue weighted by atomic mass is 16.5. The van der Waals surface area contributed by atoms with Crippen LogP contribution in [0.2, 0.25) is 0 Å². The van der Waals surface area contributed by atoms with Crippen molar-refractivity contribution >= 4 is 5.91 Å². The molecule has 0 aliphatic carbocycles. The molecule has 1 unspecified atom stereocenters. The standard InChI is InChI=1S/C14H19NO4/c1-18-13-3-2-11(8-12(13)16)14(17)15-6-4-10-5-7-19-9-10/h2-3,8,10,16H,4-7,9H2,1H3,(H,15,17). The van der Waals surface area contributed by atoms with Gasteiger partial charge < -0.3 is 19.9 Å². The van der Waals surface area contributed by atoms with Gasteiger partial charge in [0.15, 0.2) is 11.5 Å². The normalized spacial score (nSPS) is 18.3. The minimum atomic E-state index is -0.183. The zero-order valence-corrected chi connectivity index (χ0v) is 11.0. The van der Waals surface area contributed by atoms with E-state index in [1.807, 2.05) is 0 Å². The molecule has 0 spiro atoms. The van der Waals surface area contributed by atoms with Gasteiger partial charge in [-0.1, -0.05) is 0 Å². The summed E-state index contributed by atoms with van der Waals surface area (Å²) in [6, 6.07) is 4.62. The van der Waals surface area contributed by atoms with Crippen LogP contribution in [0.4, 0.5) is 0 Å². The Kier molecular flexibility index (Phi) is 4.63. The fourth-order valence-corrected chi connectivity index (χ4v) is 2.13. The van der Waals surface area contributed by atoms with Gasteiger partial charge in [-0.3, -0.25) is 4.79 Å². The number of amides is 1. The fraction of sp³-hybridized carbons (Fsp3) is 0.500. The van der Waals surface area contributed by atoms with Crippen LogP contribution in [0.3, 0.4) is 0 Å². The third-order valence-electron chi connectivity index (χ3n) is 3.30. The monoisotopic (exact) mass is 265 g/mol. The number of benzene rings is 1. The van der Waals surface area contributed by atoms with E-state index < -0.39 is 0 Å². The summed E-state index contributed by atoms with van der Waals surface area (Å²) < 4.78 is 10.2. The van der Waals surface area contributed by atoms with Gasteiger partial charge in [-0.2, -0.15) is 0 Å². The maximum atomic E-state index is 11.9. The molecule has 5 nitrogen and oxygen atoms in total. The van der Waals surface area contributed by atoms with Gasteiger partial charge in [0.2, 0.25) is 0 Å². The minimum absolute atomic E-state index is 0.0284. The van der Waals surface area contributed by atoms with Crippen LogP contribution in [0.5, 0.6) is 11.5 Å². The Bertz CT molecular complexity index is 441. The predicted octanol–water partition coefficient (Wildman–Crippen LogP) is 1.56. The summed E-state index contributed by atoms with van der Waals surface area (Å²) in [5.74, 6) is 0.695. The van der Waals surface area contributed by atoms with Gasteiger partial charge in [0.05, 0.1) is 7.11 Å². The Morgan fingerprint density at radius 2 is 2.42 bits per heavy atom. The number of methoxy groups -OCH3 is 1. The van der Waals surface area contributed by atoms with Gasteiger partial charge in [-0.25, -0.2) is 0 Å². The van der Waals surface area contributed by atoms with Crippen LogP contribution in [-0.2, 0) is 4.74 Å². The lowest BCUT2D eigenvalue weighted by atomic mass is 10.1. The van der Waals surface area contributed by atoms with Crippen molar-refractivity contribution in [1.29, 1.82) is 0 Å². The highest BCUT2D eigenvalue weighted by Gasteiger charge is 2.16. The van der Waals surface area contributed by atoms with Crippen molar-refractivity contribution in [1.82, 2.24) is 5.32 Å². The van der Waals surface area contributed by atoms with Crippen molar-refractivity contribution < 1.29 is 19.4 Å². The molecule has 0 saturated carbocycles. The lowest BCUT2D eigenvalue weighted by Crippen LogP contribution is -2.26. The molecule has 1 heterocycles. The van der Waals surface area contributed by atoms with E-state index >= 15 is 0 Å².